The number of carbonyl (C=O) groups excluding carboxylic acids is 1. The topological polar surface area (TPSA) is 51.2 Å². The number of aliphatic imine (C=N–C) groups is 1. The van der Waals surface area contributed by atoms with E-state index in [-0.39, 0.29) is 4.75 Å². The van der Waals surface area contributed by atoms with Crippen LogP contribution < -0.4 is 5.32 Å². The van der Waals surface area contributed by atoms with Gasteiger partial charge in [-0.1, -0.05) is 0 Å². The van der Waals surface area contributed by atoms with Gasteiger partial charge in [0.1, 0.15) is 0 Å². The van der Waals surface area contributed by atoms with E-state index >= 15 is 0 Å². The molecule has 1 amide bonds. The number of nitrogens with zero attached hydrogens (tertiary/aromatic N) is 4. The lowest BCUT2D eigenvalue weighted by Gasteiger charge is -2.37. The fraction of sp³-hybridized carbons (Fsp3) is 0.889. The molecule has 0 aliphatic carbocycles. The average molecular weight is 370 g/mol. The Kier molecular flexibility index (Phi) is 7.87. The van der Waals surface area contributed by atoms with Gasteiger partial charge in [-0.2, -0.15) is 11.8 Å². The van der Waals surface area contributed by atoms with Crippen molar-refractivity contribution in [2.75, 3.05) is 65.2 Å². The summed E-state index contributed by atoms with van der Waals surface area (Å²) in [5, 5.41) is 3.42. The van der Waals surface area contributed by atoms with Crippen molar-refractivity contribution in [3.8, 4) is 0 Å². The van der Waals surface area contributed by atoms with E-state index in [1.165, 1.54) is 0 Å². The fourth-order valence-corrected chi connectivity index (χ4v) is 3.32. The van der Waals surface area contributed by atoms with Crippen LogP contribution >= 0.6 is 11.8 Å². The molecule has 2 rings (SSSR count). The largest absolute Gasteiger partial charge is 0.357 e. The van der Waals surface area contributed by atoms with Crippen LogP contribution in [0.3, 0.4) is 0 Å². The first-order valence-electron chi connectivity index (χ1n) is 9.53. The standard InChI is InChI=1S/C18H35N5OS/c1-5-19-17(20-15-18(2,3)25-4)23-12-10-21(11-13-23)14-16(24)22-8-6-7-9-22/h5-15H2,1-4H3,(H,19,20). The summed E-state index contributed by atoms with van der Waals surface area (Å²) < 4.78 is 0.157. The number of amides is 1. The third-order valence-corrected chi connectivity index (χ3v) is 6.22. The maximum absolute atomic E-state index is 12.3. The highest BCUT2D eigenvalue weighted by atomic mass is 32.2. The van der Waals surface area contributed by atoms with E-state index in [2.05, 4.69) is 42.1 Å². The zero-order valence-electron chi connectivity index (χ0n) is 16.4. The van der Waals surface area contributed by atoms with Crippen LogP contribution in [-0.4, -0.2) is 96.5 Å². The molecule has 2 saturated heterocycles. The summed E-state index contributed by atoms with van der Waals surface area (Å²) in [7, 11) is 0. The minimum Gasteiger partial charge on any atom is -0.357 e. The summed E-state index contributed by atoms with van der Waals surface area (Å²) in [5.41, 5.74) is 0. The Labute approximate surface area is 157 Å². The molecule has 0 aromatic heterocycles. The first-order chi connectivity index (χ1) is 11.9. The summed E-state index contributed by atoms with van der Waals surface area (Å²) >= 11 is 1.85. The van der Waals surface area contributed by atoms with Crippen molar-refractivity contribution < 1.29 is 4.79 Å². The molecular formula is C18H35N5OS. The van der Waals surface area contributed by atoms with Gasteiger partial charge in [0.25, 0.3) is 0 Å². The Morgan fingerprint density at radius 2 is 1.72 bits per heavy atom. The maximum Gasteiger partial charge on any atom is 0.236 e. The zero-order chi connectivity index (χ0) is 18.3. The normalized spacial score (nSPS) is 20.2. The lowest BCUT2D eigenvalue weighted by atomic mass is 10.2. The molecule has 2 fully saturated rings. The van der Waals surface area contributed by atoms with Crippen molar-refractivity contribution in [3.05, 3.63) is 0 Å². The van der Waals surface area contributed by atoms with Crippen LogP contribution in [0.15, 0.2) is 4.99 Å². The summed E-state index contributed by atoms with van der Waals surface area (Å²) in [6.45, 7) is 14.4. The summed E-state index contributed by atoms with van der Waals surface area (Å²) in [4.78, 5) is 23.8. The monoisotopic (exact) mass is 369 g/mol. The van der Waals surface area contributed by atoms with Gasteiger partial charge >= 0.3 is 0 Å². The minimum atomic E-state index is 0.157. The smallest absolute Gasteiger partial charge is 0.236 e. The molecule has 2 aliphatic heterocycles. The molecule has 0 aromatic carbocycles. The molecule has 2 aliphatic rings. The summed E-state index contributed by atoms with van der Waals surface area (Å²) in [6, 6.07) is 0. The second kappa shape index (κ2) is 9.67. The number of carbonyl (C=O) groups is 1. The molecule has 1 N–H and O–H groups in total. The van der Waals surface area contributed by atoms with E-state index in [1.807, 2.05) is 16.7 Å². The van der Waals surface area contributed by atoms with Crippen LogP contribution in [0.25, 0.3) is 0 Å². The Balaban J connectivity index is 1.83. The van der Waals surface area contributed by atoms with E-state index < -0.39 is 0 Å². The predicted octanol–water partition coefficient (Wildman–Crippen LogP) is 1.33. The number of piperazine rings is 1. The zero-order valence-corrected chi connectivity index (χ0v) is 17.2. The highest BCUT2D eigenvalue weighted by Gasteiger charge is 2.25. The average Bonchev–Trinajstić information content (AvgIpc) is 3.14. The number of thioether (sulfide) groups is 1. The molecule has 7 heteroatoms. The first kappa shape index (κ1) is 20.4. The molecular weight excluding hydrogens is 334 g/mol. The van der Waals surface area contributed by atoms with E-state index in [1.54, 1.807) is 0 Å². The van der Waals surface area contributed by atoms with Gasteiger partial charge in [-0.15, -0.1) is 0 Å². The van der Waals surface area contributed by atoms with Crippen LogP contribution in [0.1, 0.15) is 33.6 Å². The third-order valence-electron chi connectivity index (χ3n) is 4.99. The van der Waals surface area contributed by atoms with Gasteiger partial charge in [0.2, 0.25) is 5.91 Å². The molecule has 144 valence electrons. The third kappa shape index (κ3) is 6.37. The van der Waals surface area contributed by atoms with Gasteiger partial charge < -0.3 is 15.1 Å². The van der Waals surface area contributed by atoms with Gasteiger partial charge in [0.05, 0.1) is 13.1 Å². The number of likely N-dealkylation sites (tertiary alicyclic amines) is 1. The highest BCUT2D eigenvalue weighted by Crippen LogP contribution is 2.21. The van der Waals surface area contributed by atoms with Crippen molar-refractivity contribution in [2.45, 2.75) is 38.4 Å². The van der Waals surface area contributed by atoms with E-state index in [4.69, 9.17) is 4.99 Å². The number of hydrogen-bond donors (Lipinski definition) is 1. The number of guanidine groups is 1. The van der Waals surface area contributed by atoms with Gasteiger partial charge in [-0.3, -0.25) is 14.7 Å². The number of nitrogens with one attached hydrogen (secondary N) is 1. The highest BCUT2D eigenvalue weighted by molar-refractivity contribution is 7.99. The fourth-order valence-electron chi connectivity index (χ4n) is 3.13. The molecule has 0 bridgehead atoms. The van der Waals surface area contributed by atoms with Gasteiger partial charge in [-0.25, -0.2) is 0 Å². The van der Waals surface area contributed by atoms with Gasteiger partial charge in [-0.05, 0) is 39.9 Å². The second-order valence-electron chi connectivity index (χ2n) is 7.49. The molecule has 0 radical (unpaired) electrons. The van der Waals surface area contributed by atoms with E-state index in [0.29, 0.717) is 12.5 Å². The van der Waals surface area contributed by atoms with Gasteiger partial charge in [0.15, 0.2) is 5.96 Å². The summed E-state index contributed by atoms with van der Waals surface area (Å²) in [6.07, 6.45) is 4.46. The molecule has 25 heavy (non-hydrogen) atoms. The summed E-state index contributed by atoms with van der Waals surface area (Å²) in [5.74, 6) is 1.31. The van der Waals surface area contributed by atoms with Crippen LogP contribution in [0.5, 0.6) is 0 Å². The van der Waals surface area contributed by atoms with E-state index in [0.717, 1.165) is 71.2 Å². The Hall–Kier alpha value is -0.950. The molecule has 0 atom stereocenters. The molecule has 0 aromatic rings. The van der Waals surface area contributed by atoms with Crippen molar-refractivity contribution in [2.24, 2.45) is 4.99 Å². The Morgan fingerprint density at radius 1 is 1.08 bits per heavy atom. The second-order valence-corrected chi connectivity index (χ2v) is 9.00. The van der Waals surface area contributed by atoms with Crippen molar-refractivity contribution in [1.82, 2.24) is 20.0 Å². The van der Waals surface area contributed by atoms with Gasteiger partial charge in [0, 0.05) is 50.6 Å². The van der Waals surface area contributed by atoms with Crippen molar-refractivity contribution in [1.29, 1.82) is 0 Å². The Bertz CT molecular complexity index is 454. The van der Waals surface area contributed by atoms with Crippen LogP contribution in [0.4, 0.5) is 0 Å². The molecule has 2 heterocycles. The van der Waals surface area contributed by atoms with Crippen LogP contribution in [0, 0.1) is 0 Å². The van der Waals surface area contributed by atoms with E-state index in [9.17, 15) is 4.79 Å². The van der Waals surface area contributed by atoms with Crippen molar-refractivity contribution in [3.63, 3.8) is 0 Å². The number of hydrogen-bond acceptors (Lipinski definition) is 4. The molecule has 6 nitrogen and oxygen atoms in total. The molecule has 0 spiro atoms. The van der Waals surface area contributed by atoms with Crippen molar-refractivity contribution >= 4 is 23.6 Å². The lowest BCUT2D eigenvalue weighted by Crippen LogP contribution is -2.54. The Morgan fingerprint density at radius 3 is 2.28 bits per heavy atom. The molecule has 0 unspecified atom stereocenters. The lowest BCUT2D eigenvalue weighted by molar-refractivity contribution is -0.131. The van der Waals surface area contributed by atoms with Crippen LogP contribution in [0.2, 0.25) is 0 Å². The SMILES string of the molecule is CCNC(=NCC(C)(C)SC)N1CCN(CC(=O)N2CCCC2)CC1. The number of rotatable bonds is 6. The first-order valence-corrected chi connectivity index (χ1v) is 10.8. The van der Waals surface area contributed by atoms with Crippen LogP contribution in [-0.2, 0) is 4.79 Å². The maximum atomic E-state index is 12.3. The quantitative estimate of drug-likeness (QED) is 0.565. The minimum absolute atomic E-state index is 0.157. The molecule has 0 saturated carbocycles. The predicted molar refractivity (Wildman–Crippen MR) is 107 cm³/mol.